The molecular formula is C20H16N8. The lowest BCUT2D eigenvalue weighted by molar-refractivity contribution is 0.866. The van der Waals surface area contributed by atoms with Gasteiger partial charge in [0.15, 0.2) is 0 Å². The van der Waals surface area contributed by atoms with Crippen LogP contribution < -0.4 is 11.5 Å². The van der Waals surface area contributed by atoms with Gasteiger partial charge in [-0.05, 0) is 34.2 Å². The van der Waals surface area contributed by atoms with Crippen LogP contribution in [0.4, 0.5) is 11.4 Å². The van der Waals surface area contributed by atoms with E-state index in [0.717, 1.165) is 16.7 Å². The molecular weight excluding hydrogens is 352 g/mol. The average Bonchev–Trinajstić information content (AvgIpc) is 2.76. The summed E-state index contributed by atoms with van der Waals surface area (Å²) in [5.41, 5.74) is 17.9. The molecule has 0 saturated heterocycles. The summed E-state index contributed by atoms with van der Waals surface area (Å²) in [7, 11) is 0. The molecule has 2 aromatic heterocycles. The molecule has 2 aromatic carbocycles. The molecule has 4 aromatic rings. The minimum absolute atomic E-state index is 0.393. The number of hydrogen-bond acceptors (Lipinski definition) is 8. The van der Waals surface area contributed by atoms with Crippen LogP contribution in [0.2, 0.25) is 0 Å². The van der Waals surface area contributed by atoms with Gasteiger partial charge >= 0.3 is 0 Å². The van der Waals surface area contributed by atoms with Crippen molar-refractivity contribution in [2.24, 2.45) is 0 Å². The number of nitrogens with two attached hydrogens (primary N) is 2. The first-order valence-corrected chi connectivity index (χ1v) is 8.48. The van der Waals surface area contributed by atoms with Gasteiger partial charge in [-0.25, -0.2) is 0 Å². The summed E-state index contributed by atoms with van der Waals surface area (Å²) in [5.74, 6) is 0. The van der Waals surface area contributed by atoms with Crippen LogP contribution in [0.3, 0.4) is 0 Å². The van der Waals surface area contributed by atoms with Crippen LogP contribution in [0.1, 0.15) is 11.1 Å². The summed E-state index contributed by atoms with van der Waals surface area (Å²) >= 11 is 0. The number of hydrogen-bond donors (Lipinski definition) is 2. The molecule has 8 heteroatoms. The monoisotopic (exact) mass is 368 g/mol. The minimum atomic E-state index is 0.393. The second kappa shape index (κ2) is 7.58. The second-order valence-corrected chi connectivity index (χ2v) is 5.97. The number of benzene rings is 2. The first kappa shape index (κ1) is 17.2. The van der Waals surface area contributed by atoms with Crippen molar-refractivity contribution >= 4 is 23.5 Å². The van der Waals surface area contributed by atoms with Crippen molar-refractivity contribution in [1.29, 1.82) is 0 Å². The van der Waals surface area contributed by atoms with E-state index in [-0.39, 0.29) is 0 Å². The van der Waals surface area contributed by atoms with Gasteiger partial charge < -0.3 is 11.5 Å². The van der Waals surface area contributed by atoms with Crippen molar-refractivity contribution in [2.75, 3.05) is 11.5 Å². The van der Waals surface area contributed by atoms with Crippen LogP contribution in [0, 0.1) is 0 Å². The maximum absolute atomic E-state index is 6.41. The molecule has 4 rings (SSSR count). The molecule has 0 unspecified atom stereocenters. The van der Waals surface area contributed by atoms with Crippen molar-refractivity contribution < 1.29 is 0 Å². The zero-order valence-corrected chi connectivity index (χ0v) is 14.8. The highest BCUT2D eigenvalue weighted by Crippen LogP contribution is 2.40. The average molecular weight is 368 g/mol. The minimum Gasteiger partial charge on any atom is -0.397 e. The second-order valence-electron chi connectivity index (χ2n) is 5.97. The summed E-state index contributed by atoms with van der Waals surface area (Å²) in [6.07, 6.45) is 7.00. The molecule has 0 spiro atoms. The van der Waals surface area contributed by atoms with Gasteiger partial charge in [0.1, 0.15) is 0 Å². The third-order valence-electron chi connectivity index (χ3n) is 4.23. The fourth-order valence-corrected chi connectivity index (χ4v) is 2.87. The Bertz CT molecular complexity index is 1110. The van der Waals surface area contributed by atoms with E-state index >= 15 is 0 Å². The van der Waals surface area contributed by atoms with Gasteiger partial charge in [-0.15, -0.1) is 20.4 Å². The van der Waals surface area contributed by atoms with E-state index < -0.39 is 0 Å². The van der Waals surface area contributed by atoms with Crippen LogP contribution >= 0.6 is 0 Å². The lowest BCUT2D eigenvalue weighted by atomic mass is 9.94. The van der Waals surface area contributed by atoms with Crippen molar-refractivity contribution in [3.63, 3.8) is 0 Å². The summed E-state index contributed by atoms with van der Waals surface area (Å²) < 4.78 is 0. The van der Waals surface area contributed by atoms with E-state index in [4.69, 9.17) is 11.5 Å². The maximum Gasteiger partial charge on any atom is 0.0991 e. The number of rotatable bonds is 4. The molecule has 136 valence electrons. The molecule has 0 fully saturated rings. The van der Waals surface area contributed by atoms with E-state index in [9.17, 15) is 0 Å². The molecule has 8 nitrogen and oxygen atoms in total. The molecule has 0 radical (unpaired) electrons. The Balaban J connectivity index is 1.91. The predicted octanol–water partition coefficient (Wildman–Crippen LogP) is 2.73. The van der Waals surface area contributed by atoms with Crippen LogP contribution in [0.15, 0.2) is 60.9 Å². The van der Waals surface area contributed by atoms with Gasteiger partial charge in [0.2, 0.25) is 0 Å². The van der Waals surface area contributed by atoms with Gasteiger partial charge in [0.25, 0.3) is 0 Å². The number of nitrogens with zero attached hydrogens (tertiary/aromatic N) is 6. The Kier molecular flexibility index (Phi) is 4.67. The molecule has 0 aliphatic carbocycles. The maximum atomic E-state index is 6.41. The quantitative estimate of drug-likeness (QED) is 0.415. The highest BCUT2D eigenvalue weighted by Gasteiger charge is 2.18. The topological polar surface area (TPSA) is 129 Å². The molecule has 0 bridgehead atoms. The SMILES string of the molecule is Nc1c(C=Cc2ccccc2)cc(-c2ccnnn2)c(-c2ccnnn2)c1N. The number of anilines is 2. The summed E-state index contributed by atoms with van der Waals surface area (Å²) in [6.45, 7) is 0. The zero-order valence-electron chi connectivity index (χ0n) is 14.8. The number of nitrogen functional groups attached to an aromatic ring is 2. The van der Waals surface area contributed by atoms with Crippen molar-refractivity contribution in [1.82, 2.24) is 30.8 Å². The summed E-state index contributed by atoms with van der Waals surface area (Å²) in [6, 6.07) is 15.3. The highest BCUT2D eigenvalue weighted by molar-refractivity contribution is 5.98. The normalized spacial score (nSPS) is 11.0. The van der Waals surface area contributed by atoms with Crippen molar-refractivity contribution in [3.05, 3.63) is 72.1 Å². The smallest absolute Gasteiger partial charge is 0.0991 e. The van der Waals surface area contributed by atoms with E-state index in [1.165, 1.54) is 0 Å². The van der Waals surface area contributed by atoms with Gasteiger partial charge in [-0.1, -0.05) is 42.5 Å². The van der Waals surface area contributed by atoms with E-state index in [1.54, 1.807) is 24.5 Å². The van der Waals surface area contributed by atoms with Crippen LogP contribution in [0.5, 0.6) is 0 Å². The van der Waals surface area contributed by atoms with Crippen molar-refractivity contribution in [3.8, 4) is 22.5 Å². The predicted molar refractivity (Wildman–Crippen MR) is 108 cm³/mol. The first-order valence-electron chi connectivity index (χ1n) is 8.48. The summed E-state index contributed by atoms with van der Waals surface area (Å²) in [5, 5.41) is 23.1. The number of aromatic nitrogens is 6. The van der Waals surface area contributed by atoms with Gasteiger partial charge in [-0.3, -0.25) is 0 Å². The molecule has 0 atom stereocenters. The third-order valence-corrected chi connectivity index (χ3v) is 4.23. The van der Waals surface area contributed by atoms with Gasteiger partial charge in [-0.2, -0.15) is 0 Å². The van der Waals surface area contributed by atoms with E-state index in [2.05, 4.69) is 30.8 Å². The Hall–Kier alpha value is -4.20. The van der Waals surface area contributed by atoms with Gasteiger partial charge in [0, 0.05) is 16.7 Å². The standard InChI is InChI=1S/C20H16N8/c21-19-14(7-6-13-4-2-1-3-5-13)12-15(16-8-10-23-27-25-16)18(20(19)22)17-9-11-24-28-26-17/h1-12H,21-22H2. The Labute approximate surface area is 161 Å². The lowest BCUT2D eigenvalue weighted by Crippen LogP contribution is -2.04. The van der Waals surface area contributed by atoms with E-state index in [1.807, 2.05) is 48.6 Å². The summed E-state index contributed by atoms with van der Waals surface area (Å²) in [4.78, 5) is 0. The Morgan fingerprint density at radius 1 is 0.714 bits per heavy atom. The third kappa shape index (κ3) is 3.38. The highest BCUT2D eigenvalue weighted by atomic mass is 15.3. The Morgan fingerprint density at radius 3 is 2.04 bits per heavy atom. The van der Waals surface area contributed by atoms with Crippen LogP contribution in [-0.2, 0) is 0 Å². The fourth-order valence-electron chi connectivity index (χ4n) is 2.87. The lowest BCUT2D eigenvalue weighted by Gasteiger charge is -2.15. The van der Waals surface area contributed by atoms with Crippen molar-refractivity contribution in [2.45, 2.75) is 0 Å². The molecule has 0 aliphatic rings. The largest absolute Gasteiger partial charge is 0.397 e. The fraction of sp³-hybridized carbons (Fsp3) is 0. The molecule has 0 saturated carbocycles. The van der Waals surface area contributed by atoms with Crippen LogP contribution in [0.25, 0.3) is 34.7 Å². The zero-order chi connectivity index (χ0) is 19.3. The Morgan fingerprint density at radius 2 is 1.39 bits per heavy atom. The molecule has 0 aliphatic heterocycles. The van der Waals surface area contributed by atoms with Gasteiger partial charge in [0.05, 0.1) is 35.2 Å². The molecule has 2 heterocycles. The van der Waals surface area contributed by atoms with Crippen LogP contribution in [-0.4, -0.2) is 30.8 Å². The molecule has 0 amide bonds. The molecule has 28 heavy (non-hydrogen) atoms. The molecule has 4 N–H and O–H groups in total. The van der Waals surface area contributed by atoms with E-state index in [0.29, 0.717) is 28.3 Å². The first-order chi connectivity index (χ1) is 13.7.